The molecule has 0 bridgehead atoms. The van der Waals surface area contributed by atoms with Crippen LogP contribution in [-0.4, -0.2) is 30.1 Å². The van der Waals surface area contributed by atoms with E-state index >= 15 is 0 Å². The lowest BCUT2D eigenvalue weighted by Crippen LogP contribution is -2.57. The predicted molar refractivity (Wildman–Crippen MR) is 74.0 cm³/mol. The van der Waals surface area contributed by atoms with Crippen LogP contribution in [0.25, 0.3) is 0 Å². The molecule has 100 valence electrons. The summed E-state index contributed by atoms with van der Waals surface area (Å²) in [6.45, 7) is 5.58. The lowest BCUT2D eigenvalue weighted by Gasteiger charge is -2.48. The van der Waals surface area contributed by atoms with E-state index in [1.807, 2.05) is 0 Å². The Morgan fingerprint density at radius 1 is 1.24 bits per heavy atom. The van der Waals surface area contributed by atoms with Crippen LogP contribution < -0.4 is 5.73 Å². The molecular formula is C15H30N2. The summed E-state index contributed by atoms with van der Waals surface area (Å²) in [5, 5.41) is 0. The van der Waals surface area contributed by atoms with Crippen LogP contribution in [-0.2, 0) is 0 Å². The van der Waals surface area contributed by atoms with Crippen molar-refractivity contribution >= 4 is 0 Å². The standard InChI is InChI=1S/C15H30N2/c1-4-13-7-9-15(11-16,10-8-13)17(3)12(2)14-5-6-14/h12-14H,4-11,16H2,1-3H3. The van der Waals surface area contributed by atoms with Crippen molar-refractivity contribution in [3.8, 4) is 0 Å². The number of rotatable bonds is 5. The fraction of sp³-hybridized carbons (Fsp3) is 1.00. The molecule has 2 fully saturated rings. The number of nitrogens with zero attached hydrogens (tertiary/aromatic N) is 1. The van der Waals surface area contributed by atoms with Crippen molar-refractivity contribution < 1.29 is 0 Å². The second-order valence-corrected chi connectivity index (χ2v) is 6.47. The van der Waals surface area contributed by atoms with E-state index in [2.05, 4.69) is 25.8 Å². The molecule has 17 heavy (non-hydrogen) atoms. The van der Waals surface area contributed by atoms with Crippen LogP contribution in [0, 0.1) is 11.8 Å². The summed E-state index contributed by atoms with van der Waals surface area (Å²) in [5.41, 5.74) is 6.46. The fourth-order valence-corrected chi connectivity index (χ4v) is 3.65. The molecule has 2 N–H and O–H groups in total. The average molecular weight is 238 g/mol. The average Bonchev–Trinajstić information content (AvgIpc) is 3.21. The van der Waals surface area contributed by atoms with Crippen LogP contribution in [0.5, 0.6) is 0 Å². The number of likely N-dealkylation sites (N-methyl/N-ethyl adjacent to an activating group) is 1. The van der Waals surface area contributed by atoms with E-state index in [-0.39, 0.29) is 0 Å². The summed E-state index contributed by atoms with van der Waals surface area (Å²) >= 11 is 0. The second-order valence-electron chi connectivity index (χ2n) is 6.47. The summed E-state index contributed by atoms with van der Waals surface area (Å²) in [6, 6.07) is 0.733. The molecule has 0 aliphatic heterocycles. The van der Waals surface area contributed by atoms with Crippen molar-refractivity contribution in [3.63, 3.8) is 0 Å². The van der Waals surface area contributed by atoms with E-state index in [0.29, 0.717) is 5.54 Å². The first kappa shape index (κ1) is 13.4. The van der Waals surface area contributed by atoms with Gasteiger partial charge in [0.1, 0.15) is 0 Å². The molecule has 2 heteroatoms. The molecule has 0 aromatic rings. The van der Waals surface area contributed by atoms with Gasteiger partial charge in [-0.05, 0) is 64.3 Å². The van der Waals surface area contributed by atoms with Crippen LogP contribution in [0.15, 0.2) is 0 Å². The molecule has 0 amide bonds. The zero-order chi connectivity index (χ0) is 12.5. The first-order valence-electron chi connectivity index (χ1n) is 7.56. The molecule has 0 aromatic heterocycles. The van der Waals surface area contributed by atoms with Gasteiger partial charge >= 0.3 is 0 Å². The largest absolute Gasteiger partial charge is 0.329 e. The van der Waals surface area contributed by atoms with Gasteiger partial charge in [0.2, 0.25) is 0 Å². The minimum absolute atomic E-state index is 0.313. The molecule has 0 radical (unpaired) electrons. The first-order valence-corrected chi connectivity index (χ1v) is 7.56. The van der Waals surface area contributed by atoms with Gasteiger partial charge in [-0.1, -0.05) is 13.3 Å². The number of nitrogens with two attached hydrogens (primary N) is 1. The highest BCUT2D eigenvalue weighted by molar-refractivity contribution is 4.98. The van der Waals surface area contributed by atoms with Crippen LogP contribution in [0.4, 0.5) is 0 Å². The minimum atomic E-state index is 0.313. The SMILES string of the molecule is CCC1CCC(CN)(N(C)C(C)C2CC2)CC1. The van der Waals surface area contributed by atoms with Gasteiger partial charge < -0.3 is 5.73 Å². The maximum atomic E-state index is 6.14. The Bertz CT molecular complexity index is 239. The monoisotopic (exact) mass is 238 g/mol. The van der Waals surface area contributed by atoms with Gasteiger partial charge in [0.05, 0.1) is 0 Å². The molecule has 0 spiro atoms. The molecule has 0 heterocycles. The van der Waals surface area contributed by atoms with Crippen molar-refractivity contribution in [2.45, 2.75) is 70.4 Å². The summed E-state index contributed by atoms with van der Waals surface area (Å²) in [6.07, 6.45) is 9.62. The van der Waals surface area contributed by atoms with Gasteiger partial charge in [-0.25, -0.2) is 0 Å². The normalized spacial score (nSPS) is 36.2. The Labute approximate surface area is 107 Å². The number of hydrogen-bond donors (Lipinski definition) is 1. The zero-order valence-electron chi connectivity index (χ0n) is 11.9. The lowest BCUT2D eigenvalue weighted by atomic mass is 9.74. The van der Waals surface area contributed by atoms with Gasteiger partial charge in [-0.15, -0.1) is 0 Å². The smallest absolute Gasteiger partial charge is 0.0331 e. The summed E-state index contributed by atoms with van der Waals surface area (Å²) in [5.74, 6) is 1.91. The van der Waals surface area contributed by atoms with E-state index in [9.17, 15) is 0 Å². The van der Waals surface area contributed by atoms with E-state index in [1.165, 1.54) is 44.9 Å². The Morgan fingerprint density at radius 3 is 2.24 bits per heavy atom. The molecule has 2 rings (SSSR count). The van der Waals surface area contributed by atoms with Crippen molar-refractivity contribution in [2.75, 3.05) is 13.6 Å². The van der Waals surface area contributed by atoms with Crippen LogP contribution in [0.3, 0.4) is 0 Å². The highest BCUT2D eigenvalue weighted by atomic mass is 15.2. The van der Waals surface area contributed by atoms with Crippen molar-refractivity contribution in [1.29, 1.82) is 0 Å². The van der Waals surface area contributed by atoms with Gasteiger partial charge in [0.15, 0.2) is 0 Å². The molecule has 0 saturated heterocycles. The molecule has 1 atom stereocenters. The summed E-state index contributed by atoms with van der Waals surface area (Å²) in [4.78, 5) is 2.64. The Hall–Kier alpha value is -0.0800. The summed E-state index contributed by atoms with van der Waals surface area (Å²) in [7, 11) is 2.32. The van der Waals surface area contributed by atoms with Gasteiger partial charge in [-0.2, -0.15) is 0 Å². The van der Waals surface area contributed by atoms with E-state index in [1.54, 1.807) is 0 Å². The van der Waals surface area contributed by atoms with Gasteiger partial charge in [0.25, 0.3) is 0 Å². The van der Waals surface area contributed by atoms with E-state index < -0.39 is 0 Å². The Kier molecular flexibility index (Phi) is 4.14. The highest BCUT2D eigenvalue weighted by Crippen LogP contribution is 2.42. The van der Waals surface area contributed by atoms with Gasteiger partial charge in [0, 0.05) is 18.1 Å². The third-order valence-corrected chi connectivity index (χ3v) is 5.66. The van der Waals surface area contributed by atoms with E-state index in [0.717, 1.165) is 24.4 Å². The quantitative estimate of drug-likeness (QED) is 0.798. The highest BCUT2D eigenvalue weighted by Gasteiger charge is 2.42. The fourth-order valence-electron chi connectivity index (χ4n) is 3.65. The van der Waals surface area contributed by atoms with Crippen molar-refractivity contribution in [1.82, 2.24) is 4.90 Å². The minimum Gasteiger partial charge on any atom is -0.329 e. The van der Waals surface area contributed by atoms with Crippen molar-refractivity contribution in [3.05, 3.63) is 0 Å². The molecule has 1 unspecified atom stereocenters. The third-order valence-electron chi connectivity index (χ3n) is 5.66. The van der Waals surface area contributed by atoms with Crippen LogP contribution in [0.2, 0.25) is 0 Å². The third kappa shape index (κ3) is 2.68. The van der Waals surface area contributed by atoms with Crippen molar-refractivity contribution in [2.24, 2.45) is 17.6 Å². The molecular weight excluding hydrogens is 208 g/mol. The molecule has 2 aliphatic carbocycles. The molecule has 2 saturated carbocycles. The predicted octanol–water partition coefficient (Wildman–Crippen LogP) is 3.01. The molecule has 0 aromatic carbocycles. The zero-order valence-corrected chi connectivity index (χ0v) is 11.9. The second kappa shape index (κ2) is 5.27. The number of hydrogen-bond acceptors (Lipinski definition) is 2. The maximum Gasteiger partial charge on any atom is 0.0331 e. The Balaban J connectivity index is 1.98. The molecule has 2 nitrogen and oxygen atoms in total. The summed E-state index contributed by atoms with van der Waals surface area (Å²) < 4.78 is 0. The lowest BCUT2D eigenvalue weighted by molar-refractivity contribution is 0.0281. The van der Waals surface area contributed by atoms with Crippen LogP contribution in [0.1, 0.15) is 58.8 Å². The van der Waals surface area contributed by atoms with Crippen LogP contribution >= 0.6 is 0 Å². The Morgan fingerprint density at radius 2 is 1.82 bits per heavy atom. The first-order chi connectivity index (χ1) is 8.13. The van der Waals surface area contributed by atoms with Gasteiger partial charge in [-0.3, -0.25) is 4.90 Å². The van der Waals surface area contributed by atoms with E-state index in [4.69, 9.17) is 5.73 Å². The topological polar surface area (TPSA) is 29.3 Å². The molecule has 2 aliphatic rings. The maximum absolute atomic E-state index is 6.14.